The summed E-state index contributed by atoms with van der Waals surface area (Å²) in [6, 6.07) is 0. The number of ether oxygens (including phenoxy) is 2. The normalized spacial score (nSPS) is 15.1. The molecule has 0 rings (SSSR count). The van der Waals surface area contributed by atoms with Crippen molar-refractivity contribution in [2.75, 3.05) is 26.4 Å². The van der Waals surface area contributed by atoms with Crippen molar-refractivity contribution in [1.82, 2.24) is 0 Å². The Bertz CT molecular complexity index is 1210. The second-order valence-electron chi connectivity index (χ2n) is 14.5. The number of unbranched alkanes of at least 4 members (excludes halogenated alkanes) is 14. The standard InChI is InChI=1S/C46H79O11P/c1-3-5-6-7-8-9-10-11-12-13-14-18-21-24-27-30-33-36-45(50)54-40-44(41-56-58(52,53)55-39-43(49)38-47)57-46(51)37-34-31-28-25-22-19-16-15-17-20-23-26-29-32-35-42(48)4-2/h11-12,16-17,19-20,25-26,28-29,32,35,42-44,47-49H,3-10,13-15,18,21-24,27,30-31,33-34,36-41H2,1-2H3,(H,52,53)/b12-11-,19-16-,20-17-,28-25-,29-26-,35-32+/t42-,43+,44-/m1/s1. The number of aliphatic hydroxyl groups is 3. The van der Waals surface area contributed by atoms with Crippen LogP contribution in [0.1, 0.15) is 162 Å². The van der Waals surface area contributed by atoms with E-state index in [1.54, 1.807) is 6.08 Å². The van der Waals surface area contributed by atoms with Crippen LogP contribution in [-0.4, -0.2) is 76.9 Å². The molecule has 0 saturated carbocycles. The summed E-state index contributed by atoms with van der Waals surface area (Å²) in [5.41, 5.74) is 0. The molecule has 4 atom stereocenters. The van der Waals surface area contributed by atoms with Crippen molar-refractivity contribution in [3.05, 3.63) is 72.9 Å². The minimum absolute atomic E-state index is 0.0881. The average molecular weight is 839 g/mol. The molecule has 0 aliphatic heterocycles. The molecule has 0 fully saturated rings. The van der Waals surface area contributed by atoms with Crippen molar-refractivity contribution >= 4 is 19.8 Å². The number of esters is 2. The lowest BCUT2D eigenvalue weighted by Crippen LogP contribution is -2.29. The van der Waals surface area contributed by atoms with Gasteiger partial charge in [0.05, 0.1) is 25.9 Å². The number of allylic oxidation sites excluding steroid dienone is 11. The maximum absolute atomic E-state index is 12.6. The highest BCUT2D eigenvalue weighted by Gasteiger charge is 2.27. The molecule has 0 aromatic carbocycles. The molecule has 0 aliphatic rings. The van der Waals surface area contributed by atoms with E-state index in [9.17, 15) is 29.3 Å². The summed E-state index contributed by atoms with van der Waals surface area (Å²) >= 11 is 0. The number of aliphatic hydroxyl groups excluding tert-OH is 3. The highest BCUT2D eigenvalue weighted by atomic mass is 31.2. The van der Waals surface area contributed by atoms with Crippen molar-refractivity contribution in [2.24, 2.45) is 0 Å². The van der Waals surface area contributed by atoms with Gasteiger partial charge in [0, 0.05) is 12.8 Å². The van der Waals surface area contributed by atoms with E-state index in [4.69, 9.17) is 19.1 Å². The molecule has 0 spiro atoms. The summed E-state index contributed by atoms with van der Waals surface area (Å²) in [6.45, 7) is 1.95. The molecule has 0 radical (unpaired) electrons. The minimum atomic E-state index is -4.65. The lowest BCUT2D eigenvalue weighted by molar-refractivity contribution is -0.161. The van der Waals surface area contributed by atoms with E-state index in [1.165, 1.54) is 64.2 Å². The Morgan fingerprint density at radius 3 is 1.69 bits per heavy atom. The Morgan fingerprint density at radius 1 is 0.586 bits per heavy atom. The van der Waals surface area contributed by atoms with Crippen LogP contribution in [0.5, 0.6) is 0 Å². The number of hydrogen-bond donors (Lipinski definition) is 4. The van der Waals surface area contributed by atoms with Crippen LogP contribution in [0.15, 0.2) is 72.9 Å². The Balaban J connectivity index is 4.42. The van der Waals surface area contributed by atoms with Gasteiger partial charge in [-0.15, -0.1) is 0 Å². The molecule has 0 heterocycles. The summed E-state index contributed by atoms with van der Waals surface area (Å²) in [5, 5.41) is 27.8. The van der Waals surface area contributed by atoms with Crippen molar-refractivity contribution in [3.8, 4) is 0 Å². The predicted molar refractivity (Wildman–Crippen MR) is 234 cm³/mol. The van der Waals surface area contributed by atoms with Crippen molar-refractivity contribution in [3.63, 3.8) is 0 Å². The van der Waals surface area contributed by atoms with Crippen molar-refractivity contribution < 1.29 is 52.9 Å². The summed E-state index contributed by atoms with van der Waals surface area (Å²) in [5.74, 6) is -1.02. The average Bonchev–Trinajstić information content (AvgIpc) is 3.21. The Hall–Kier alpha value is -2.63. The van der Waals surface area contributed by atoms with Crippen LogP contribution in [0.4, 0.5) is 0 Å². The number of phosphoric ester groups is 1. The highest BCUT2D eigenvalue weighted by molar-refractivity contribution is 7.47. The summed E-state index contributed by atoms with van der Waals surface area (Å²) in [7, 11) is -4.65. The fraction of sp³-hybridized carbons (Fsp3) is 0.696. The van der Waals surface area contributed by atoms with E-state index in [2.05, 4.69) is 47.9 Å². The highest BCUT2D eigenvalue weighted by Crippen LogP contribution is 2.43. The molecule has 1 unspecified atom stereocenters. The Morgan fingerprint density at radius 2 is 1.09 bits per heavy atom. The van der Waals surface area contributed by atoms with Gasteiger partial charge in [0.25, 0.3) is 0 Å². The largest absolute Gasteiger partial charge is 0.472 e. The molecule has 334 valence electrons. The SMILES string of the molecule is CCCCCCCC/C=C\CCCCCCCCCC(=O)OC[C@H](COP(=O)(O)OC[C@@H](O)CO)OC(=O)CCC/C=C\C/C=C\C/C=C\C/C=C\C=C\[C@H](O)CC. The van der Waals surface area contributed by atoms with Gasteiger partial charge in [-0.3, -0.25) is 18.6 Å². The van der Waals surface area contributed by atoms with Gasteiger partial charge < -0.3 is 29.7 Å². The van der Waals surface area contributed by atoms with Gasteiger partial charge in [-0.1, -0.05) is 151 Å². The van der Waals surface area contributed by atoms with E-state index in [0.717, 1.165) is 44.9 Å². The van der Waals surface area contributed by atoms with E-state index >= 15 is 0 Å². The van der Waals surface area contributed by atoms with Gasteiger partial charge in [0.1, 0.15) is 12.7 Å². The number of phosphoric acid groups is 1. The fourth-order valence-electron chi connectivity index (χ4n) is 5.44. The molecule has 0 bridgehead atoms. The molecule has 0 aromatic heterocycles. The van der Waals surface area contributed by atoms with Crippen LogP contribution in [0.25, 0.3) is 0 Å². The molecule has 12 heteroatoms. The lowest BCUT2D eigenvalue weighted by Gasteiger charge is -2.20. The molecule has 4 N–H and O–H groups in total. The summed E-state index contributed by atoms with van der Waals surface area (Å²) < 4.78 is 32.6. The van der Waals surface area contributed by atoms with E-state index in [1.807, 2.05) is 37.3 Å². The monoisotopic (exact) mass is 839 g/mol. The van der Waals surface area contributed by atoms with Crippen LogP contribution in [0, 0.1) is 0 Å². The third-order valence-corrected chi connectivity index (χ3v) is 9.95. The lowest BCUT2D eigenvalue weighted by atomic mass is 10.1. The molecule has 0 amide bonds. The zero-order valence-electron chi connectivity index (χ0n) is 35.8. The van der Waals surface area contributed by atoms with E-state index in [0.29, 0.717) is 25.7 Å². The fourth-order valence-corrected chi connectivity index (χ4v) is 6.23. The van der Waals surface area contributed by atoms with Gasteiger partial charge in [-0.05, 0) is 70.6 Å². The minimum Gasteiger partial charge on any atom is -0.462 e. The van der Waals surface area contributed by atoms with Crippen molar-refractivity contribution in [2.45, 2.75) is 180 Å². The second kappa shape index (κ2) is 41.1. The van der Waals surface area contributed by atoms with Gasteiger partial charge in [-0.25, -0.2) is 4.57 Å². The maximum Gasteiger partial charge on any atom is 0.472 e. The first-order valence-electron chi connectivity index (χ1n) is 22.0. The quantitative estimate of drug-likeness (QED) is 0.0152. The third-order valence-electron chi connectivity index (χ3n) is 9.00. The number of rotatable bonds is 40. The topological polar surface area (TPSA) is 169 Å². The third kappa shape index (κ3) is 40.2. The van der Waals surface area contributed by atoms with Crippen LogP contribution in [-0.2, 0) is 32.7 Å². The molecule has 0 aliphatic carbocycles. The Kier molecular flexibility index (Phi) is 39.3. The first-order chi connectivity index (χ1) is 28.1. The molecular weight excluding hydrogens is 759 g/mol. The first kappa shape index (κ1) is 55.4. The zero-order valence-corrected chi connectivity index (χ0v) is 36.7. The molecule has 0 saturated heterocycles. The molecule has 11 nitrogen and oxygen atoms in total. The molecule has 0 aromatic rings. The Labute approximate surface area is 351 Å². The van der Waals surface area contributed by atoms with Crippen LogP contribution >= 0.6 is 7.82 Å². The van der Waals surface area contributed by atoms with Gasteiger partial charge >= 0.3 is 19.8 Å². The first-order valence-corrected chi connectivity index (χ1v) is 23.5. The van der Waals surface area contributed by atoms with E-state index < -0.39 is 57.9 Å². The predicted octanol–water partition coefficient (Wildman–Crippen LogP) is 10.6. The van der Waals surface area contributed by atoms with Gasteiger partial charge in [0.2, 0.25) is 0 Å². The summed E-state index contributed by atoms with van der Waals surface area (Å²) in [6.07, 6.45) is 43.9. The zero-order chi connectivity index (χ0) is 42.8. The van der Waals surface area contributed by atoms with Crippen LogP contribution in [0.3, 0.4) is 0 Å². The van der Waals surface area contributed by atoms with Crippen LogP contribution < -0.4 is 0 Å². The number of carbonyl (C=O) groups is 2. The smallest absolute Gasteiger partial charge is 0.462 e. The second-order valence-corrected chi connectivity index (χ2v) is 16.0. The van der Waals surface area contributed by atoms with Gasteiger partial charge in [-0.2, -0.15) is 0 Å². The maximum atomic E-state index is 12.6. The molecule has 58 heavy (non-hydrogen) atoms. The van der Waals surface area contributed by atoms with Crippen molar-refractivity contribution in [1.29, 1.82) is 0 Å². The molecular formula is C46H79O11P. The van der Waals surface area contributed by atoms with Gasteiger partial charge in [0.15, 0.2) is 6.10 Å². The summed E-state index contributed by atoms with van der Waals surface area (Å²) in [4.78, 5) is 35.0. The number of carbonyl (C=O) groups excluding carboxylic acids is 2. The number of hydrogen-bond acceptors (Lipinski definition) is 10. The van der Waals surface area contributed by atoms with Crippen LogP contribution in [0.2, 0.25) is 0 Å². The van der Waals surface area contributed by atoms with E-state index in [-0.39, 0.29) is 19.4 Å².